The van der Waals surface area contributed by atoms with Crippen molar-refractivity contribution in [3.63, 3.8) is 0 Å². The van der Waals surface area contributed by atoms with E-state index in [0.29, 0.717) is 46.3 Å². The summed E-state index contributed by atoms with van der Waals surface area (Å²) in [4.78, 5) is 30.4. The van der Waals surface area contributed by atoms with Gasteiger partial charge < -0.3 is 10.6 Å². The summed E-state index contributed by atoms with van der Waals surface area (Å²) in [5, 5.41) is 12.7. The van der Waals surface area contributed by atoms with E-state index in [0.717, 1.165) is 10.9 Å². The highest BCUT2D eigenvalue weighted by Crippen LogP contribution is 2.33. The number of halogens is 1. The first-order chi connectivity index (χ1) is 15.9. The predicted octanol–water partition coefficient (Wildman–Crippen LogP) is 3.31. The Hall–Kier alpha value is -4.16. The third-order valence-electron chi connectivity index (χ3n) is 5.77. The Balaban J connectivity index is 1.46. The minimum atomic E-state index is -0.612. The SMILES string of the molecule is [C-]#[N+]c1ccc(CC(=O)N2CCn3nc(-c4cc(Cl)c5[nH]ncc5c4)c(C(N)=O)c3C2)cc1. The summed E-state index contributed by atoms with van der Waals surface area (Å²) in [7, 11) is 0. The minimum absolute atomic E-state index is 0.0714. The van der Waals surface area contributed by atoms with Gasteiger partial charge in [0, 0.05) is 17.5 Å². The van der Waals surface area contributed by atoms with Crippen molar-refractivity contribution in [3.05, 3.63) is 75.9 Å². The summed E-state index contributed by atoms with van der Waals surface area (Å²) in [6.07, 6.45) is 1.85. The smallest absolute Gasteiger partial charge is 0.252 e. The summed E-state index contributed by atoms with van der Waals surface area (Å²) in [5.41, 5.74) is 9.78. The van der Waals surface area contributed by atoms with Crippen LogP contribution in [0.15, 0.2) is 42.6 Å². The quantitative estimate of drug-likeness (QED) is 0.455. The molecule has 0 spiro atoms. The lowest BCUT2D eigenvalue weighted by Crippen LogP contribution is -2.40. The van der Waals surface area contributed by atoms with Gasteiger partial charge in [-0.3, -0.25) is 19.4 Å². The fraction of sp³-hybridized carbons (Fsp3) is 0.174. The molecule has 0 bridgehead atoms. The van der Waals surface area contributed by atoms with E-state index >= 15 is 0 Å². The van der Waals surface area contributed by atoms with E-state index in [9.17, 15) is 9.59 Å². The number of carbonyl (C=O) groups is 2. The van der Waals surface area contributed by atoms with Crippen LogP contribution in [-0.2, 0) is 24.3 Å². The normalized spacial score (nSPS) is 13.0. The number of nitrogens with one attached hydrogen (secondary N) is 1. The molecule has 2 aromatic carbocycles. The second-order valence-corrected chi connectivity index (χ2v) is 8.23. The number of hydrogen-bond donors (Lipinski definition) is 2. The standard InChI is InChI=1S/C23H18ClN7O2/c1-26-16-4-2-13(3-5-16)8-19(32)30-6-7-31-18(12-30)20(23(25)33)22(29-31)14-9-15-11-27-28-21(15)17(24)10-14/h2-5,9-11H,6-8,12H2,(H2,25,33)(H,27,28). The van der Waals surface area contributed by atoms with Crippen LogP contribution in [0.25, 0.3) is 27.0 Å². The summed E-state index contributed by atoms with van der Waals surface area (Å²) >= 11 is 6.38. The molecule has 2 amide bonds. The number of amides is 2. The summed E-state index contributed by atoms with van der Waals surface area (Å²) in [5.74, 6) is -0.684. The lowest BCUT2D eigenvalue weighted by atomic mass is 10.0. The molecule has 10 heteroatoms. The van der Waals surface area contributed by atoms with Gasteiger partial charge in [0.15, 0.2) is 5.69 Å². The Labute approximate surface area is 193 Å². The highest BCUT2D eigenvalue weighted by atomic mass is 35.5. The van der Waals surface area contributed by atoms with Crippen molar-refractivity contribution in [3.8, 4) is 11.3 Å². The molecule has 33 heavy (non-hydrogen) atoms. The van der Waals surface area contributed by atoms with Gasteiger partial charge in [0.25, 0.3) is 5.91 Å². The average Bonchev–Trinajstić information content (AvgIpc) is 3.44. The first kappa shape index (κ1) is 20.7. The first-order valence-electron chi connectivity index (χ1n) is 10.2. The van der Waals surface area contributed by atoms with Crippen molar-refractivity contribution in [1.29, 1.82) is 0 Å². The highest BCUT2D eigenvalue weighted by molar-refractivity contribution is 6.35. The number of nitrogens with two attached hydrogens (primary N) is 1. The van der Waals surface area contributed by atoms with Crippen LogP contribution in [0.3, 0.4) is 0 Å². The fourth-order valence-electron chi connectivity index (χ4n) is 4.12. The molecular weight excluding hydrogens is 442 g/mol. The number of rotatable bonds is 4. The van der Waals surface area contributed by atoms with Crippen molar-refractivity contribution in [2.24, 2.45) is 5.73 Å². The van der Waals surface area contributed by atoms with Crippen LogP contribution < -0.4 is 5.73 Å². The Morgan fingerprint density at radius 2 is 2.00 bits per heavy atom. The van der Waals surface area contributed by atoms with Crippen LogP contribution in [0.1, 0.15) is 21.6 Å². The molecule has 3 heterocycles. The Morgan fingerprint density at radius 1 is 1.21 bits per heavy atom. The molecule has 0 unspecified atom stereocenters. The number of primary amides is 1. The van der Waals surface area contributed by atoms with Gasteiger partial charge in [0.1, 0.15) is 5.69 Å². The second-order valence-electron chi connectivity index (χ2n) is 7.82. The number of fused-ring (bicyclic) bond motifs is 2. The van der Waals surface area contributed by atoms with Crippen molar-refractivity contribution in [2.45, 2.75) is 19.5 Å². The number of benzene rings is 2. The van der Waals surface area contributed by atoms with Crippen LogP contribution in [0.2, 0.25) is 5.02 Å². The number of aromatic nitrogens is 4. The molecule has 3 N–H and O–H groups in total. The molecule has 4 aromatic rings. The van der Waals surface area contributed by atoms with Gasteiger partial charge in [0.2, 0.25) is 5.91 Å². The highest BCUT2D eigenvalue weighted by Gasteiger charge is 2.30. The molecule has 0 atom stereocenters. The maximum Gasteiger partial charge on any atom is 0.252 e. The van der Waals surface area contributed by atoms with E-state index in [4.69, 9.17) is 23.9 Å². The molecule has 1 aliphatic heterocycles. The lowest BCUT2D eigenvalue weighted by Gasteiger charge is -2.28. The van der Waals surface area contributed by atoms with E-state index in [1.54, 1.807) is 46.1 Å². The molecule has 1 aliphatic rings. The number of carbonyl (C=O) groups excluding carboxylic acids is 2. The van der Waals surface area contributed by atoms with Crippen LogP contribution in [-0.4, -0.2) is 43.2 Å². The van der Waals surface area contributed by atoms with E-state index in [2.05, 4.69) is 20.1 Å². The zero-order valence-electron chi connectivity index (χ0n) is 17.4. The molecule has 2 aromatic heterocycles. The number of hydrogen-bond acceptors (Lipinski definition) is 4. The zero-order chi connectivity index (χ0) is 23.1. The van der Waals surface area contributed by atoms with E-state index in [1.807, 2.05) is 6.07 Å². The Bertz CT molecular complexity index is 1450. The van der Waals surface area contributed by atoms with Gasteiger partial charge in [-0.1, -0.05) is 35.9 Å². The van der Waals surface area contributed by atoms with Crippen molar-refractivity contribution >= 4 is 40.0 Å². The first-order valence-corrected chi connectivity index (χ1v) is 10.6. The molecule has 0 fully saturated rings. The molecule has 0 aliphatic carbocycles. The van der Waals surface area contributed by atoms with E-state index in [-0.39, 0.29) is 24.4 Å². The number of nitrogens with zero attached hydrogens (tertiary/aromatic N) is 5. The van der Waals surface area contributed by atoms with Crippen molar-refractivity contribution in [2.75, 3.05) is 6.54 Å². The Morgan fingerprint density at radius 3 is 2.73 bits per heavy atom. The Kier molecular flexibility index (Phi) is 5.07. The summed E-state index contributed by atoms with van der Waals surface area (Å²) < 4.78 is 1.73. The topological polar surface area (TPSA) is 114 Å². The van der Waals surface area contributed by atoms with E-state index < -0.39 is 5.91 Å². The second kappa shape index (κ2) is 8.07. The average molecular weight is 460 g/mol. The summed E-state index contributed by atoms with van der Waals surface area (Å²) in [6, 6.07) is 10.5. The monoisotopic (exact) mass is 459 g/mol. The van der Waals surface area contributed by atoms with E-state index in [1.165, 1.54) is 0 Å². The van der Waals surface area contributed by atoms with Gasteiger partial charge in [-0.25, -0.2) is 4.85 Å². The van der Waals surface area contributed by atoms with Gasteiger partial charge in [-0.2, -0.15) is 10.2 Å². The molecular formula is C23H18ClN7O2. The lowest BCUT2D eigenvalue weighted by molar-refractivity contribution is -0.132. The molecule has 5 rings (SSSR count). The summed E-state index contributed by atoms with van der Waals surface area (Å²) in [6.45, 7) is 8.18. The third-order valence-corrected chi connectivity index (χ3v) is 6.07. The van der Waals surface area contributed by atoms with Crippen molar-refractivity contribution in [1.82, 2.24) is 24.9 Å². The fourth-order valence-corrected chi connectivity index (χ4v) is 4.39. The maximum absolute atomic E-state index is 12.9. The third kappa shape index (κ3) is 3.70. The van der Waals surface area contributed by atoms with Crippen LogP contribution in [0, 0.1) is 6.57 Å². The zero-order valence-corrected chi connectivity index (χ0v) is 18.1. The molecule has 164 valence electrons. The predicted molar refractivity (Wildman–Crippen MR) is 123 cm³/mol. The van der Waals surface area contributed by atoms with Gasteiger partial charge in [-0.05, 0) is 17.7 Å². The molecule has 0 saturated heterocycles. The van der Waals surface area contributed by atoms with Gasteiger partial charge in [0.05, 0.1) is 54.1 Å². The van der Waals surface area contributed by atoms with Crippen LogP contribution in [0.5, 0.6) is 0 Å². The van der Waals surface area contributed by atoms with Gasteiger partial charge in [-0.15, -0.1) is 0 Å². The van der Waals surface area contributed by atoms with Crippen LogP contribution >= 0.6 is 11.6 Å². The molecule has 0 saturated carbocycles. The van der Waals surface area contributed by atoms with Crippen molar-refractivity contribution < 1.29 is 9.59 Å². The molecule has 9 nitrogen and oxygen atoms in total. The van der Waals surface area contributed by atoms with Gasteiger partial charge >= 0.3 is 0 Å². The number of H-pyrrole nitrogens is 1. The largest absolute Gasteiger partial charge is 0.365 e. The maximum atomic E-state index is 12.9. The number of aromatic amines is 1. The molecule has 0 radical (unpaired) electrons. The minimum Gasteiger partial charge on any atom is -0.365 e. The van der Waals surface area contributed by atoms with Crippen LogP contribution in [0.4, 0.5) is 5.69 Å².